The molecule has 3 heterocycles. The number of aryl methyl sites for hydroxylation is 1. The predicted octanol–water partition coefficient (Wildman–Crippen LogP) is 1.07. The Labute approximate surface area is 206 Å². The third kappa shape index (κ3) is 4.67. The van der Waals surface area contributed by atoms with E-state index in [1.165, 1.54) is 11.1 Å². The molecule has 0 unspecified atom stereocenters. The minimum absolute atomic E-state index is 0.118. The lowest BCUT2D eigenvalue weighted by Gasteiger charge is -2.08. The Kier molecular flexibility index (Phi) is 6.80. The van der Waals surface area contributed by atoms with E-state index in [4.69, 9.17) is 22.6 Å². The number of benzene rings is 1. The van der Waals surface area contributed by atoms with E-state index in [0.717, 1.165) is 42.3 Å². The number of primary amides is 1. The Morgan fingerprint density at radius 3 is 2.72 bits per heavy atom. The maximum Gasteiger partial charge on any atom is 0.439 e. The number of nitrogens with two attached hydrogens (primary N) is 1. The van der Waals surface area contributed by atoms with Crippen molar-refractivity contribution < 1.29 is 28.8 Å². The number of amides is 1. The molecule has 15 heteroatoms. The van der Waals surface area contributed by atoms with Crippen LogP contribution in [-0.2, 0) is 11.2 Å². The fourth-order valence-corrected chi connectivity index (χ4v) is 3.97. The molecule has 1 amide bonds. The molecule has 0 aliphatic heterocycles. The lowest BCUT2D eigenvalue weighted by Crippen LogP contribution is -2.15. The van der Waals surface area contributed by atoms with Crippen LogP contribution in [0.4, 0.5) is 0 Å². The maximum absolute atomic E-state index is 11.6. The highest BCUT2D eigenvalue weighted by Gasteiger charge is 2.23. The number of methoxy groups -OCH3 is 1. The lowest BCUT2D eigenvalue weighted by atomic mass is 10.0. The van der Waals surface area contributed by atoms with Gasteiger partial charge in [0, 0.05) is 17.7 Å². The number of carboxylic acids is 1. The van der Waals surface area contributed by atoms with Gasteiger partial charge in [0.1, 0.15) is 12.0 Å². The standard InChI is InChI=1S/C11H10ClN3O2.C10H8N4O5/c12-14-9-4-2-6-5-7(1-3-8(6)9)10-13-11(16)17-15-10;1-19-10(18)5-2-4(9(16)17)13-8-6(7(11)15)12-3-14(5)8/h1,3,5,9,14H,2,4H2,(H,13,15,16);2-3H,1H3,(H2,11,15)(H,16,17)/t9-;/m0./s1. The number of hydrogen-bond acceptors (Lipinski definition) is 10. The zero-order valence-corrected chi connectivity index (χ0v) is 19.3. The molecule has 0 radical (unpaired) electrons. The zero-order chi connectivity index (χ0) is 26.0. The smallest absolute Gasteiger partial charge is 0.439 e. The Morgan fingerprint density at radius 1 is 1.33 bits per heavy atom. The van der Waals surface area contributed by atoms with Crippen LogP contribution >= 0.6 is 11.8 Å². The number of ether oxygens (including phenoxy) is 1. The molecule has 1 aliphatic rings. The summed E-state index contributed by atoms with van der Waals surface area (Å²) in [7, 11) is 1.14. The van der Waals surface area contributed by atoms with Gasteiger partial charge in [0.15, 0.2) is 22.9 Å². The maximum atomic E-state index is 11.6. The fraction of sp³-hybridized carbons (Fsp3) is 0.190. The second-order valence-corrected chi connectivity index (χ2v) is 7.75. The summed E-state index contributed by atoms with van der Waals surface area (Å²) < 4.78 is 10.1. The summed E-state index contributed by atoms with van der Waals surface area (Å²) in [6.07, 6.45) is 3.09. The quantitative estimate of drug-likeness (QED) is 0.218. The minimum Gasteiger partial charge on any atom is -0.477 e. The zero-order valence-electron chi connectivity index (χ0n) is 18.5. The van der Waals surface area contributed by atoms with Crippen molar-refractivity contribution in [2.45, 2.75) is 18.9 Å². The number of H-pyrrole nitrogens is 1. The van der Waals surface area contributed by atoms with Crippen LogP contribution in [-0.4, -0.2) is 54.6 Å². The van der Waals surface area contributed by atoms with Crippen molar-refractivity contribution in [1.82, 2.24) is 29.3 Å². The Morgan fingerprint density at radius 2 is 2.11 bits per heavy atom. The molecule has 1 aliphatic carbocycles. The Balaban J connectivity index is 0.000000170. The van der Waals surface area contributed by atoms with E-state index in [1.807, 2.05) is 18.2 Å². The van der Waals surface area contributed by atoms with Crippen LogP contribution in [0.2, 0.25) is 0 Å². The molecule has 0 saturated carbocycles. The molecule has 1 aromatic carbocycles. The summed E-state index contributed by atoms with van der Waals surface area (Å²) in [5, 5.41) is 12.6. The van der Waals surface area contributed by atoms with Crippen LogP contribution in [0.5, 0.6) is 0 Å². The number of aromatic carboxylic acids is 1. The summed E-state index contributed by atoms with van der Waals surface area (Å²) >= 11 is 5.67. The normalized spacial score (nSPS) is 14.1. The highest BCUT2D eigenvalue weighted by atomic mass is 35.5. The summed E-state index contributed by atoms with van der Waals surface area (Å²) in [5.74, 6) is -3.11. The number of fused-ring (bicyclic) bond motifs is 2. The average molecular weight is 516 g/mol. The molecule has 4 aromatic rings. The van der Waals surface area contributed by atoms with Crippen molar-refractivity contribution in [3.8, 4) is 11.4 Å². The number of aromatic nitrogens is 5. The predicted molar refractivity (Wildman–Crippen MR) is 122 cm³/mol. The Bertz CT molecular complexity index is 1540. The molecule has 36 heavy (non-hydrogen) atoms. The molecule has 5 rings (SSSR count). The summed E-state index contributed by atoms with van der Waals surface area (Å²) in [4.78, 5) is 57.3. The van der Waals surface area contributed by atoms with Gasteiger partial charge in [-0.15, -0.1) is 0 Å². The van der Waals surface area contributed by atoms with Crippen LogP contribution < -0.4 is 16.3 Å². The van der Waals surface area contributed by atoms with Crippen LogP contribution in [0.1, 0.15) is 55.1 Å². The van der Waals surface area contributed by atoms with Crippen LogP contribution in [0.15, 0.2) is 39.9 Å². The van der Waals surface area contributed by atoms with Gasteiger partial charge in [0.05, 0.1) is 7.11 Å². The number of imidazole rings is 1. The van der Waals surface area contributed by atoms with Crippen molar-refractivity contribution in [2.24, 2.45) is 5.73 Å². The molecule has 0 saturated heterocycles. The first-order chi connectivity index (χ1) is 17.2. The number of nitrogens with one attached hydrogen (secondary N) is 2. The van der Waals surface area contributed by atoms with E-state index in [9.17, 15) is 19.2 Å². The lowest BCUT2D eigenvalue weighted by molar-refractivity contribution is 0.0591. The van der Waals surface area contributed by atoms with Gasteiger partial charge in [-0.3, -0.25) is 18.7 Å². The highest BCUT2D eigenvalue weighted by molar-refractivity contribution is 6.13. The first-order valence-electron chi connectivity index (χ1n) is 10.3. The molecular formula is C21H18ClN7O7. The van der Waals surface area contributed by atoms with Gasteiger partial charge in [0.25, 0.3) is 5.91 Å². The summed E-state index contributed by atoms with van der Waals surface area (Å²) in [5.41, 5.74) is 7.49. The monoisotopic (exact) mass is 515 g/mol. The van der Waals surface area contributed by atoms with Crippen LogP contribution in [0, 0.1) is 0 Å². The SMILES string of the molecule is COC(=O)c1cc(C(=O)O)nc2c(C(N)=O)ncn12.O=c1[nH]c(-c2ccc3c(c2)CC[C@@H]3NCl)no1. The molecule has 5 N–H and O–H groups in total. The van der Waals surface area contributed by atoms with Gasteiger partial charge in [-0.05, 0) is 41.8 Å². The largest absolute Gasteiger partial charge is 0.477 e. The van der Waals surface area contributed by atoms with Gasteiger partial charge in [-0.1, -0.05) is 17.3 Å². The minimum atomic E-state index is -1.36. The van der Waals surface area contributed by atoms with E-state index < -0.39 is 29.3 Å². The number of carbonyl (C=O) groups excluding carboxylic acids is 2. The Hall–Kier alpha value is -4.56. The molecule has 186 valence electrons. The first-order valence-corrected chi connectivity index (χ1v) is 10.7. The number of halogens is 1. The second kappa shape index (κ2) is 9.97. The third-order valence-corrected chi connectivity index (χ3v) is 5.68. The molecule has 0 spiro atoms. The van der Waals surface area contributed by atoms with E-state index in [-0.39, 0.29) is 23.1 Å². The van der Waals surface area contributed by atoms with E-state index in [1.54, 1.807) is 0 Å². The second-order valence-electron chi connectivity index (χ2n) is 7.53. The number of rotatable bonds is 5. The van der Waals surface area contributed by atoms with Crippen LogP contribution in [0.25, 0.3) is 17.0 Å². The summed E-state index contributed by atoms with van der Waals surface area (Å²) in [6.45, 7) is 0. The van der Waals surface area contributed by atoms with Crippen molar-refractivity contribution in [1.29, 1.82) is 0 Å². The van der Waals surface area contributed by atoms with Gasteiger partial charge in [-0.2, -0.15) is 0 Å². The van der Waals surface area contributed by atoms with Crippen molar-refractivity contribution in [3.05, 3.63) is 69.4 Å². The molecule has 3 aromatic heterocycles. The molecular weight excluding hydrogens is 498 g/mol. The van der Waals surface area contributed by atoms with Crippen molar-refractivity contribution in [2.75, 3.05) is 7.11 Å². The van der Waals surface area contributed by atoms with E-state index in [2.05, 4.69) is 34.2 Å². The number of nitrogens with zero attached hydrogens (tertiary/aromatic N) is 4. The van der Waals surface area contributed by atoms with E-state index in [0.29, 0.717) is 5.82 Å². The highest BCUT2D eigenvalue weighted by Crippen LogP contribution is 2.33. The topological polar surface area (TPSA) is 208 Å². The molecule has 14 nitrogen and oxygen atoms in total. The van der Waals surface area contributed by atoms with Crippen molar-refractivity contribution >= 4 is 35.3 Å². The van der Waals surface area contributed by atoms with Gasteiger partial charge in [-0.25, -0.2) is 29.2 Å². The number of esters is 1. The fourth-order valence-electron chi connectivity index (χ4n) is 3.75. The first kappa shape index (κ1) is 24.6. The van der Waals surface area contributed by atoms with E-state index >= 15 is 0 Å². The molecule has 0 fully saturated rings. The number of carboxylic acid groups (broad SMARTS) is 1. The van der Waals surface area contributed by atoms with Crippen molar-refractivity contribution in [3.63, 3.8) is 0 Å². The number of hydrogen-bond donors (Lipinski definition) is 4. The molecule has 0 bridgehead atoms. The van der Waals surface area contributed by atoms with Gasteiger partial charge < -0.3 is 15.6 Å². The molecule has 1 atom stereocenters. The summed E-state index contributed by atoms with van der Waals surface area (Å²) in [6, 6.07) is 7.14. The third-order valence-electron chi connectivity index (χ3n) is 5.41. The van der Waals surface area contributed by atoms with Gasteiger partial charge >= 0.3 is 17.7 Å². The average Bonchev–Trinajstić information content (AvgIpc) is 3.60. The number of aromatic amines is 1. The number of carbonyl (C=O) groups is 3. The van der Waals surface area contributed by atoms with Gasteiger partial charge in [0.2, 0.25) is 0 Å². The van der Waals surface area contributed by atoms with Crippen LogP contribution in [0.3, 0.4) is 0 Å².